The number of aliphatic carboxylic acids is 1. The van der Waals surface area contributed by atoms with E-state index in [1.165, 1.54) is 4.90 Å². The van der Waals surface area contributed by atoms with Gasteiger partial charge >= 0.3 is 5.97 Å². The lowest BCUT2D eigenvalue weighted by atomic mass is 10.1. The van der Waals surface area contributed by atoms with Gasteiger partial charge in [-0.05, 0) is 19.3 Å². The molecule has 0 radical (unpaired) electrons. The van der Waals surface area contributed by atoms with E-state index >= 15 is 0 Å². The summed E-state index contributed by atoms with van der Waals surface area (Å²) in [5.74, 6) is -0.638. The third-order valence-corrected chi connectivity index (χ3v) is 4.27. The van der Waals surface area contributed by atoms with E-state index in [2.05, 4.69) is 0 Å². The lowest BCUT2D eigenvalue weighted by molar-refractivity contribution is -0.149. The highest BCUT2D eigenvalue weighted by Gasteiger charge is 2.44. The van der Waals surface area contributed by atoms with E-state index in [-0.39, 0.29) is 23.7 Å². The van der Waals surface area contributed by atoms with E-state index in [0.717, 1.165) is 12.8 Å². The Bertz CT molecular complexity index is 302. The first-order valence-electron chi connectivity index (χ1n) is 5.03. The fourth-order valence-corrected chi connectivity index (χ4v) is 3.55. The minimum absolute atomic E-state index is 0. The topological polar surface area (TPSA) is 83.6 Å². The molecule has 0 aliphatic carbocycles. The number of halogens is 1. The first-order valence-corrected chi connectivity index (χ1v) is 6.08. The molecule has 0 aromatic rings. The Morgan fingerprint density at radius 2 is 2.19 bits per heavy atom. The Morgan fingerprint density at radius 3 is 2.81 bits per heavy atom. The number of rotatable bonds is 1. The highest BCUT2D eigenvalue weighted by Crippen LogP contribution is 2.35. The number of amides is 1. The van der Waals surface area contributed by atoms with Crippen molar-refractivity contribution in [3.05, 3.63) is 0 Å². The van der Waals surface area contributed by atoms with Crippen LogP contribution in [0.15, 0.2) is 0 Å². The van der Waals surface area contributed by atoms with Gasteiger partial charge in [0, 0.05) is 5.75 Å². The number of carboxylic acids is 1. The minimum Gasteiger partial charge on any atom is -0.480 e. The zero-order valence-corrected chi connectivity index (χ0v) is 10.3. The molecule has 0 bridgehead atoms. The van der Waals surface area contributed by atoms with E-state index in [1.807, 2.05) is 0 Å². The molecule has 3 atom stereocenters. The lowest BCUT2D eigenvalue weighted by Gasteiger charge is -2.26. The van der Waals surface area contributed by atoms with Crippen LogP contribution in [0.1, 0.15) is 19.3 Å². The summed E-state index contributed by atoms with van der Waals surface area (Å²) < 4.78 is 0. The Labute approximate surface area is 104 Å². The molecule has 16 heavy (non-hydrogen) atoms. The van der Waals surface area contributed by atoms with Crippen molar-refractivity contribution in [2.24, 2.45) is 5.73 Å². The Hall–Kier alpha value is -0.460. The van der Waals surface area contributed by atoms with Crippen molar-refractivity contribution >= 4 is 36.0 Å². The molecular weight excluding hydrogens is 252 g/mol. The summed E-state index contributed by atoms with van der Waals surface area (Å²) in [6, 6.07) is -1.20. The molecular formula is C9H15ClN2O3S. The summed E-state index contributed by atoms with van der Waals surface area (Å²) in [6.45, 7) is 0. The van der Waals surface area contributed by atoms with E-state index in [9.17, 15) is 9.59 Å². The maximum Gasteiger partial charge on any atom is 0.327 e. The maximum atomic E-state index is 11.9. The average molecular weight is 267 g/mol. The first-order chi connectivity index (χ1) is 7.11. The number of hydrogen-bond acceptors (Lipinski definition) is 4. The van der Waals surface area contributed by atoms with Crippen molar-refractivity contribution in [1.29, 1.82) is 0 Å². The van der Waals surface area contributed by atoms with Gasteiger partial charge in [0.1, 0.15) is 6.04 Å². The molecule has 2 heterocycles. The number of carbonyl (C=O) groups excluding carboxylic acids is 1. The molecule has 2 fully saturated rings. The number of nitrogens with zero attached hydrogens (tertiary/aromatic N) is 1. The van der Waals surface area contributed by atoms with Crippen LogP contribution in [0.2, 0.25) is 0 Å². The van der Waals surface area contributed by atoms with Crippen molar-refractivity contribution < 1.29 is 14.7 Å². The zero-order valence-electron chi connectivity index (χ0n) is 8.67. The number of hydrogen-bond donors (Lipinski definition) is 2. The Kier molecular flexibility index (Phi) is 4.46. The SMILES string of the molecule is Cl.N[C@H]1CCC[C@H]2SC[C@@H](C(=O)O)N2C1=O. The van der Waals surface area contributed by atoms with Gasteiger partial charge in [-0.1, -0.05) is 0 Å². The highest BCUT2D eigenvalue weighted by atomic mass is 35.5. The fourth-order valence-electron chi connectivity index (χ4n) is 2.10. The molecule has 2 aliphatic heterocycles. The van der Waals surface area contributed by atoms with Crippen LogP contribution in [-0.4, -0.2) is 45.1 Å². The fraction of sp³-hybridized carbons (Fsp3) is 0.778. The smallest absolute Gasteiger partial charge is 0.327 e. The molecule has 3 N–H and O–H groups in total. The summed E-state index contributed by atoms with van der Waals surface area (Å²) in [5, 5.41) is 9.02. The molecule has 5 nitrogen and oxygen atoms in total. The normalized spacial score (nSPS) is 33.9. The predicted molar refractivity (Wildman–Crippen MR) is 63.6 cm³/mol. The van der Waals surface area contributed by atoms with Gasteiger partial charge in [0.2, 0.25) is 5.91 Å². The quantitative estimate of drug-likeness (QED) is 0.712. The number of nitrogens with two attached hydrogens (primary N) is 1. The molecule has 92 valence electrons. The summed E-state index contributed by atoms with van der Waals surface area (Å²) in [4.78, 5) is 24.3. The summed E-state index contributed by atoms with van der Waals surface area (Å²) >= 11 is 1.55. The zero-order chi connectivity index (χ0) is 11.0. The van der Waals surface area contributed by atoms with E-state index in [1.54, 1.807) is 11.8 Å². The molecule has 0 aromatic carbocycles. The van der Waals surface area contributed by atoms with Crippen molar-refractivity contribution in [2.75, 3.05) is 5.75 Å². The highest BCUT2D eigenvalue weighted by molar-refractivity contribution is 8.00. The molecule has 1 amide bonds. The van der Waals surface area contributed by atoms with Gasteiger partial charge in [-0.3, -0.25) is 4.79 Å². The molecule has 0 unspecified atom stereocenters. The predicted octanol–water partition coefficient (Wildman–Crippen LogP) is 0.274. The second-order valence-electron chi connectivity index (χ2n) is 3.92. The van der Waals surface area contributed by atoms with Gasteiger partial charge in [-0.2, -0.15) is 0 Å². The van der Waals surface area contributed by atoms with Crippen LogP contribution in [0, 0.1) is 0 Å². The van der Waals surface area contributed by atoms with Crippen LogP contribution in [-0.2, 0) is 9.59 Å². The third-order valence-electron chi connectivity index (χ3n) is 2.92. The standard InChI is InChI=1S/C9H14N2O3S.ClH/c10-5-2-1-3-7-11(8(5)12)6(4-15-7)9(13)14;/h5-7H,1-4,10H2,(H,13,14);1H/t5-,6-,7+;/m0./s1. The van der Waals surface area contributed by atoms with E-state index in [0.29, 0.717) is 12.2 Å². The molecule has 2 saturated heterocycles. The van der Waals surface area contributed by atoms with Crippen LogP contribution in [0.4, 0.5) is 0 Å². The molecule has 0 spiro atoms. The van der Waals surface area contributed by atoms with Crippen molar-refractivity contribution in [3.63, 3.8) is 0 Å². The number of thioether (sulfide) groups is 1. The van der Waals surface area contributed by atoms with Gasteiger partial charge in [0.15, 0.2) is 0 Å². The minimum atomic E-state index is -0.924. The van der Waals surface area contributed by atoms with E-state index < -0.39 is 18.1 Å². The maximum absolute atomic E-state index is 11.9. The van der Waals surface area contributed by atoms with Crippen LogP contribution in [0.25, 0.3) is 0 Å². The number of fused-ring (bicyclic) bond motifs is 1. The molecule has 0 aromatic heterocycles. The molecule has 7 heteroatoms. The van der Waals surface area contributed by atoms with Crippen molar-refractivity contribution in [1.82, 2.24) is 4.90 Å². The number of carbonyl (C=O) groups is 2. The van der Waals surface area contributed by atoms with Crippen molar-refractivity contribution in [2.45, 2.75) is 36.7 Å². The summed E-state index contributed by atoms with van der Waals surface area (Å²) in [7, 11) is 0. The second-order valence-corrected chi connectivity index (χ2v) is 5.14. The molecule has 2 aliphatic rings. The lowest BCUT2D eigenvalue weighted by Crippen LogP contribution is -2.50. The monoisotopic (exact) mass is 266 g/mol. The van der Waals surface area contributed by atoms with Gasteiger partial charge in [-0.15, -0.1) is 24.2 Å². The average Bonchev–Trinajstić information content (AvgIpc) is 2.55. The number of carboxylic acid groups (broad SMARTS) is 1. The summed E-state index contributed by atoms with van der Waals surface area (Å²) in [6.07, 6.45) is 2.42. The molecule has 0 saturated carbocycles. The second kappa shape index (κ2) is 5.25. The van der Waals surface area contributed by atoms with Crippen LogP contribution < -0.4 is 5.73 Å². The van der Waals surface area contributed by atoms with Crippen LogP contribution in [0.3, 0.4) is 0 Å². The Balaban J connectivity index is 0.00000128. The van der Waals surface area contributed by atoms with Gasteiger partial charge in [-0.25, -0.2) is 4.79 Å². The Morgan fingerprint density at radius 1 is 1.50 bits per heavy atom. The summed E-state index contributed by atoms with van der Waals surface area (Å²) in [5.41, 5.74) is 5.70. The van der Waals surface area contributed by atoms with Crippen molar-refractivity contribution in [3.8, 4) is 0 Å². The van der Waals surface area contributed by atoms with E-state index in [4.69, 9.17) is 10.8 Å². The van der Waals surface area contributed by atoms with Crippen LogP contribution in [0.5, 0.6) is 0 Å². The van der Waals surface area contributed by atoms with Gasteiger partial charge < -0.3 is 15.7 Å². The third kappa shape index (κ3) is 2.28. The largest absolute Gasteiger partial charge is 0.480 e. The van der Waals surface area contributed by atoms with Crippen LogP contribution >= 0.6 is 24.2 Å². The first kappa shape index (κ1) is 13.6. The van der Waals surface area contributed by atoms with Gasteiger partial charge in [0.25, 0.3) is 0 Å². The molecule has 2 rings (SSSR count). The van der Waals surface area contributed by atoms with Gasteiger partial charge in [0.05, 0.1) is 11.4 Å².